The molecule has 0 saturated carbocycles. The fourth-order valence-corrected chi connectivity index (χ4v) is 3.50. The van der Waals surface area contributed by atoms with Gasteiger partial charge in [-0.3, -0.25) is 9.78 Å². The molecule has 2 aromatic carbocycles. The molecule has 3 nitrogen and oxygen atoms in total. The number of benzene rings is 2. The molecule has 0 bridgehead atoms. The molecule has 3 aromatic rings. The average molecular weight is 359 g/mol. The van der Waals surface area contributed by atoms with Crippen molar-refractivity contribution in [3.8, 4) is 0 Å². The maximum atomic E-state index is 13.7. The van der Waals surface area contributed by atoms with Gasteiger partial charge in [0.25, 0.3) is 5.91 Å². The molecule has 1 aliphatic carbocycles. The van der Waals surface area contributed by atoms with Crippen molar-refractivity contribution in [2.24, 2.45) is 0 Å². The van der Waals surface area contributed by atoms with E-state index in [0.717, 1.165) is 48.0 Å². The second-order valence-corrected chi connectivity index (χ2v) is 6.39. The Morgan fingerprint density at radius 2 is 1.96 bits per heavy atom. The SMILES string of the molecule is O=C(Nc1ccc(F)cc1F)c1ccc2c(Cl)c3c(nc2c1)CCC3. The number of nitrogens with zero attached hydrogens (tertiary/aromatic N) is 1. The van der Waals surface area contributed by atoms with Crippen molar-refractivity contribution in [1.29, 1.82) is 0 Å². The average Bonchev–Trinajstić information content (AvgIpc) is 3.05. The number of pyridine rings is 1. The lowest BCUT2D eigenvalue weighted by atomic mass is 10.1. The maximum absolute atomic E-state index is 13.7. The van der Waals surface area contributed by atoms with E-state index in [1.54, 1.807) is 18.2 Å². The van der Waals surface area contributed by atoms with E-state index in [4.69, 9.17) is 11.6 Å². The Balaban J connectivity index is 1.69. The van der Waals surface area contributed by atoms with E-state index >= 15 is 0 Å². The van der Waals surface area contributed by atoms with E-state index < -0.39 is 17.5 Å². The van der Waals surface area contributed by atoms with Gasteiger partial charge in [-0.15, -0.1) is 0 Å². The number of amides is 1. The Hall–Kier alpha value is -2.53. The van der Waals surface area contributed by atoms with Gasteiger partial charge >= 0.3 is 0 Å². The molecule has 25 heavy (non-hydrogen) atoms. The summed E-state index contributed by atoms with van der Waals surface area (Å²) in [5, 5.41) is 3.93. The largest absolute Gasteiger partial charge is 0.319 e. The standard InChI is InChI=1S/C19H13ClF2N2O/c20-18-12-2-1-3-15(12)23-17-8-10(4-6-13(17)18)19(25)24-16-7-5-11(21)9-14(16)22/h4-9H,1-3H2,(H,24,25). The zero-order valence-corrected chi connectivity index (χ0v) is 13.8. The molecular formula is C19H13ClF2N2O. The summed E-state index contributed by atoms with van der Waals surface area (Å²) in [5.41, 5.74) is 2.95. The summed E-state index contributed by atoms with van der Waals surface area (Å²) in [6.07, 6.45) is 2.82. The molecule has 0 fully saturated rings. The Morgan fingerprint density at radius 1 is 1.12 bits per heavy atom. The Labute approximate surface area is 147 Å². The Bertz CT molecular complexity index is 1020. The molecule has 0 aliphatic heterocycles. The summed E-state index contributed by atoms with van der Waals surface area (Å²) in [5.74, 6) is -2.02. The van der Waals surface area contributed by atoms with Crippen LogP contribution >= 0.6 is 11.6 Å². The van der Waals surface area contributed by atoms with Crippen LogP contribution < -0.4 is 5.32 Å². The molecule has 0 unspecified atom stereocenters. The topological polar surface area (TPSA) is 42.0 Å². The molecule has 4 rings (SSSR count). The summed E-state index contributed by atoms with van der Waals surface area (Å²) in [7, 11) is 0. The van der Waals surface area contributed by atoms with Gasteiger partial charge < -0.3 is 5.32 Å². The van der Waals surface area contributed by atoms with Gasteiger partial charge in [-0.25, -0.2) is 8.78 Å². The monoisotopic (exact) mass is 358 g/mol. The fraction of sp³-hybridized carbons (Fsp3) is 0.158. The zero-order valence-electron chi connectivity index (χ0n) is 13.1. The third kappa shape index (κ3) is 2.85. The van der Waals surface area contributed by atoms with Crippen LogP contribution in [0.15, 0.2) is 36.4 Å². The minimum atomic E-state index is -0.826. The maximum Gasteiger partial charge on any atom is 0.255 e. The highest BCUT2D eigenvalue weighted by Gasteiger charge is 2.19. The molecule has 0 atom stereocenters. The van der Waals surface area contributed by atoms with Crippen molar-refractivity contribution in [3.63, 3.8) is 0 Å². The third-order valence-corrected chi connectivity index (χ3v) is 4.82. The highest BCUT2D eigenvalue weighted by molar-refractivity contribution is 6.36. The number of aryl methyl sites for hydroxylation is 1. The normalized spacial score (nSPS) is 13.1. The molecule has 1 heterocycles. The van der Waals surface area contributed by atoms with Crippen molar-refractivity contribution in [2.75, 3.05) is 5.32 Å². The van der Waals surface area contributed by atoms with Crippen LogP contribution in [0.5, 0.6) is 0 Å². The molecule has 1 N–H and O–H groups in total. The lowest BCUT2D eigenvalue weighted by molar-refractivity contribution is 0.102. The minimum Gasteiger partial charge on any atom is -0.319 e. The van der Waals surface area contributed by atoms with Gasteiger partial charge in [-0.1, -0.05) is 17.7 Å². The molecule has 6 heteroatoms. The van der Waals surface area contributed by atoms with Crippen LogP contribution in [0.1, 0.15) is 28.0 Å². The lowest BCUT2D eigenvalue weighted by Crippen LogP contribution is -2.13. The van der Waals surface area contributed by atoms with Crippen molar-refractivity contribution < 1.29 is 13.6 Å². The first-order valence-electron chi connectivity index (χ1n) is 7.90. The first kappa shape index (κ1) is 16.0. The molecule has 0 radical (unpaired) electrons. The van der Waals surface area contributed by atoms with Crippen LogP contribution in [0.4, 0.5) is 14.5 Å². The minimum absolute atomic E-state index is 0.0774. The van der Waals surface area contributed by atoms with Crippen molar-refractivity contribution >= 4 is 34.1 Å². The molecule has 1 amide bonds. The summed E-state index contributed by atoms with van der Waals surface area (Å²) >= 11 is 6.46. The second-order valence-electron chi connectivity index (χ2n) is 6.01. The quantitative estimate of drug-likeness (QED) is 0.707. The highest BCUT2D eigenvalue weighted by atomic mass is 35.5. The van der Waals surface area contributed by atoms with Crippen LogP contribution in [-0.2, 0) is 12.8 Å². The van der Waals surface area contributed by atoms with Crippen LogP contribution in [0.25, 0.3) is 10.9 Å². The Morgan fingerprint density at radius 3 is 2.76 bits per heavy atom. The van der Waals surface area contributed by atoms with E-state index in [1.165, 1.54) is 6.07 Å². The predicted octanol–water partition coefficient (Wildman–Crippen LogP) is 4.91. The number of aromatic nitrogens is 1. The van der Waals surface area contributed by atoms with Crippen LogP contribution in [0.3, 0.4) is 0 Å². The van der Waals surface area contributed by atoms with Gasteiger partial charge in [-0.2, -0.15) is 0 Å². The smallest absolute Gasteiger partial charge is 0.255 e. The Kier molecular flexibility index (Phi) is 3.88. The summed E-state index contributed by atoms with van der Waals surface area (Å²) < 4.78 is 26.7. The first-order chi connectivity index (χ1) is 12.0. The number of hydrogen-bond donors (Lipinski definition) is 1. The number of hydrogen-bond acceptors (Lipinski definition) is 2. The van der Waals surface area contributed by atoms with E-state index in [1.807, 2.05) is 0 Å². The molecule has 0 saturated heterocycles. The number of carbonyl (C=O) groups is 1. The molecule has 1 aliphatic rings. The van der Waals surface area contributed by atoms with Gasteiger partial charge in [0, 0.05) is 22.7 Å². The molecular weight excluding hydrogens is 346 g/mol. The lowest BCUT2D eigenvalue weighted by Gasteiger charge is -2.10. The van der Waals surface area contributed by atoms with Gasteiger partial charge in [0.05, 0.1) is 16.2 Å². The molecule has 0 spiro atoms. The summed E-state index contributed by atoms with van der Waals surface area (Å²) in [6, 6.07) is 8.00. The van der Waals surface area contributed by atoms with E-state index in [9.17, 15) is 13.6 Å². The van der Waals surface area contributed by atoms with Gasteiger partial charge in [-0.05, 0) is 49.1 Å². The molecule has 126 valence electrons. The van der Waals surface area contributed by atoms with Crippen LogP contribution in [0.2, 0.25) is 5.02 Å². The number of rotatable bonds is 2. The number of nitrogens with one attached hydrogen (secondary N) is 1. The number of fused-ring (bicyclic) bond motifs is 2. The van der Waals surface area contributed by atoms with Crippen molar-refractivity contribution in [3.05, 3.63) is 69.9 Å². The third-order valence-electron chi connectivity index (χ3n) is 4.38. The van der Waals surface area contributed by atoms with E-state index in [0.29, 0.717) is 16.1 Å². The van der Waals surface area contributed by atoms with Crippen LogP contribution in [0, 0.1) is 11.6 Å². The molecule has 1 aromatic heterocycles. The fourth-order valence-electron chi connectivity index (χ4n) is 3.13. The predicted molar refractivity (Wildman–Crippen MR) is 93.1 cm³/mol. The summed E-state index contributed by atoms with van der Waals surface area (Å²) in [6.45, 7) is 0. The first-order valence-corrected chi connectivity index (χ1v) is 8.28. The van der Waals surface area contributed by atoms with Gasteiger partial charge in [0.15, 0.2) is 0 Å². The van der Waals surface area contributed by atoms with E-state index in [-0.39, 0.29) is 5.69 Å². The van der Waals surface area contributed by atoms with Crippen molar-refractivity contribution in [1.82, 2.24) is 4.98 Å². The second kappa shape index (κ2) is 6.08. The van der Waals surface area contributed by atoms with Gasteiger partial charge in [0.1, 0.15) is 11.6 Å². The van der Waals surface area contributed by atoms with Crippen LogP contribution in [-0.4, -0.2) is 10.9 Å². The van der Waals surface area contributed by atoms with E-state index in [2.05, 4.69) is 10.3 Å². The zero-order chi connectivity index (χ0) is 17.6. The summed E-state index contributed by atoms with van der Waals surface area (Å²) in [4.78, 5) is 17.0. The number of anilines is 1. The van der Waals surface area contributed by atoms with Gasteiger partial charge in [0.2, 0.25) is 0 Å². The number of carbonyl (C=O) groups excluding carboxylic acids is 1. The highest BCUT2D eigenvalue weighted by Crippen LogP contribution is 2.33. The van der Waals surface area contributed by atoms with Crippen molar-refractivity contribution in [2.45, 2.75) is 19.3 Å². The number of halogens is 3.